The van der Waals surface area contributed by atoms with Gasteiger partial charge in [0.15, 0.2) is 0 Å². The van der Waals surface area contributed by atoms with E-state index in [-0.39, 0.29) is 0 Å². The first-order valence-corrected chi connectivity index (χ1v) is 7.17. The minimum absolute atomic E-state index is 0.390. The van der Waals surface area contributed by atoms with Crippen LogP contribution in [0.25, 0.3) is 0 Å². The Bertz CT molecular complexity index is 376. The Labute approximate surface area is 108 Å². The Morgan fingerprint density at radius 2 is 1.94 bits per heavy atom. The van der Waals surface area contributed by atoms with Gasteiger partial charge in [0.1, 0.15) is 5.75 Å². The molecule has 0 aromatic heterocycles. The van der Waals surface area contributed by atoms with Crippen molar-refractivity contribution in [2.45, 2.75) is 13.5 Å². The second-order valence-corrected chi connectivity index (χ2v) is 5.39. The van der Waals surface area contributed by atoms with Crippen LogP contribution >= 0.6 is 11.9 Å². The summed E-state index contributed by atoms with van der Waals surface area (Å²) in [6.07, 6.45) is 2.14. The molecule has 0 spiro atoms. The van der Waals surface area contributed by atoms with Crippen molar-refractivity contribution in [3.8, 4) is 5.75 Å². The Kier molecular flexibility index (Phi) is 4.31. The molecule has 1 fully saturated rings. The van der Waals surface area contributed by atoms with E-state index >= 15 is 0 Å². The first kappa shape index (κ1) is 12.7. The predicted octanol–water partition coefficient (Wildman–Crippen LogP) is 2.10. The van der Waals surface area contributed by atoms with Crippen molar-refractivity contribution < 1.29 is 5.11 Å². The minimum Gasteiger partial charge on any atom is -0.508 e. The molecule has 2 rings (SSSR count). The van der Waals surface area contributed by atoms with Crippen LogP contribution in [0.3, 0.4) is 0 Å². The van der Waals surface area contributed by atoms with Crippen molar-refractivity contribution in [2.75, 3.05) is 32.4 Å². The lowest BCUT2D eigenvalue weighted by molar-refractivity contribution is 0.189. The van der Waals surface area contributed by atoms with Gasteiger partial charge in [-0.15, -0.1) is 0 Å². The zero-order valence-corrected chi connectivity index (χ0v) is 11.3. The highest BCUT2D eigenvalue weighted by atomic mass is 32.2. The number of piperazine rings is 1. The molecular weight excluding hydrogens is 232 g/mol. The topological polar surface area (TPSA) is 26.7 Å². The highest BCUT2D eigenvalue weighted by Gasteiger charge is 2.16. The number of rotatable bonds is 3. The summed E-state index contributed by atoms with van der Waals surface area (Å²) in [6.45, 7) is 7.46. The average Bonchev–Trinajstić information content (AvgIpc) is 2.35. The van der Waals surface area contributed by atoms with Gasteiger partial charge in [-0.25, -0.2) is 4.31 Å². The SMILES string of the molecule is CSN1CCN(Cc2ccc(O)c(C)c2)CC1. The monoisotopic (exact) mass is 252 g/mol. The highest BCUT2D eigenvalue weighted by molar-refractivity contribution is 7.96. The summed E-state index contributed by atoms with van der Waals surface area (Å²) >= 11 is 1.83. The van der Waals surface area contributed by atoms with E-state index in [1.54, 1.807) is 6.07 Å². The molecule has 0 bridgehead atoms. The lowest BCUT2D eigenvalue weighted by Crippen LogP contribution is -2.42. The van der Waals surface area contributed by atoms with Gasteiger partial charge in [-0.2, -0.15) is 0 Å². The van der Waals surface area contributed by atoms with Gasteiger partial charge in [0.25, 0.3) is 0 Å². The molecule has 3 nitrogen and oxygen atoms in total. The summed E-state index contributed by atoms with van der Waals surface area (Å²) < 4.78 is 2.40. The molecule has 1 aromatic rings. The van der Waals surface area contributed by atoms with Crippen molar-refractivity contribution >= 4 is 11.9 Å². The maximum absolute atomic E-state index is 9.49. The maximum Gasteiger partial charge on any atom is 0.118 e. The van der Waals surface area contributed by atoms with Gasteiger partial charge in [0.2, 0.25) is 0 Å². The van der Waals surface area contributed by atoms with Crippen LogP contribution in [-0.2, 0) is 6.54 Å². The summed E-state index contributed by atoms with van der Waals surface area (Å²) in [5, 5.41) is 9.49. The van der Waals surface area contributed by atoms with Gasteiger partial charge in [0, 0.05) is 32.7 Å². The van der Waals surface area contributed by atoms with Crippen LogP contribution in [-0.4, -0.2) is 46.7 Å². The molecular formula is C13H20N2OS. The molecule has 17 heavy (non-hydrogen) atoms. The van der Waals surface area contributed by atoms with Gasteiger partial charge < -0.3 is 5.11 Å². The molecule has 1 aromatic carbocycles. The fourth-order valence-corrected chi connectivity index (χ4v) is 2.67. The molecule has 0 atom stereocenters. The second-order valence-electron chi connectivity index (χ2n) is 4.51. The second kappa shape index (κ2) is 5.76. The molecule has 0 amide bonds. The molecule has 1 saturated heterocycles. The van der Waals surface area contributed by atoms with Crippen molar-refractivity contribution in [3.63, 3.8) is 0 Å². The first-order valence-electron chi connectivity index (χ1n) is 5.99. The van der Waals surface area contributed by atoms with E-state index < -0.39 is 0 Å². The summed E-state index contributed by atoms with van der Waals surface area (Å²) in [6, 6.07) is 5.89. The third-order valence-corrected chi connectivity index (χ3v) is 4.14. The third-order valence-electron chi connectivity index (χ3n) is 3.26. The number of benzene rings is 1. The van der Waals surface area contributed by atoms with Gasteiger partial charge in [0.05, 0.1) is 0 Å². The van der Waals surface area contributed by atoms with Crippen molar-refractivity contribution in [1.29, 1.82) is 0 Å². The number of aryl methyl sites for hydroxylation is 1. The molecule has 0 unspecified atom stereocenters. The normalized spacial score (nSPS) is 18.5. The predicted molar refractivity (Wildman–Crippen MR) is 73.2 cm³/mol. The van der Waals surface area contributed by atoms with Crippen molar-refractivity contribution in [1.82, 2.24) is 9.21 Å². The molecule has 1 aliphatic rings. The van der Waals surface area contributed by atoms with E-state index in [9.17, 15) is 5.11 Å². The smallest absolute Gasteiger partial charge is 0.118 e. The fourth-order valence-electron chi connectivity index (χ4n) is 2.14. The van der Waals surface area contributed by atoms with E-state index in [2.05, 4.69) is 21.5 Å². The van der Waals surface area contributed by atoms with E-state index in [0.717, 1.165) is 38.3 Å². The van der Waals surface area contributed by atoms with Crippen LogP contribution in [0.15, 0.2) is 18.2 Å². The fraction of sp³-hybridized carbons (Fsp3) is 0.538. The molecule has 1 N–H and O–H groups in total. The number of phenols is 1. The van der Waals surface area contributed by atoms with Crippen LogP contribution in [0, 0.1) is 6.92 Å². The van der Waals surface area contributed by atoms with Crippen LogP contribution < -0.4 is 0 Å². The van der Waals surface area contributed by atoms with E-state index in [1.165, 1.54) is 5.56 Å². The number of nitrogens with zero attached hydrogens (tertiary/aromatic N) is 2. The Hall–Kier alpha value is -0.710. The third kappa shape index (κ3) is 3.37. The Balaban J connectivity index is 1.91. The largest absolute Gasteiger partial charge is 0.508 e. The van der Waals surface area contributed by atoms with E-state index in [4.69, 9.17) is 0 Å². The maximum atomic E-state index is 9.49. The minimum atomic E-state index is 0.390. The number of hydrogen-bond acceptors (Lipinski definition) is 4. The van der Waals surface area contributed by atoms with Crippen molar-refractivity contribution in [3.05, 3.63) is 29.3 Å². The molecule has 94 valence electrons. The van der Waals surface area contributed by atoms with Crippen molar-refractivity contribution in [2.24, 2.45) is 0 Å². The van der Waals surface area contributed by atoms with E-state index in [1.807, 2.05) is 24.9 Å². The summed E-state index contributed by atoms with van der Waals surface area (Å²) in [5.74, 6) is 0.390. The van der Waals surface area contributed by atoms with Gasteiger partial charge >= 0.3 is 0 Å². The van der Waals surface area contributed by atoms with Crippen LogP contribution in [0.4, 0.5) is 0 Å². The lowest BCUT2D eigenvalue weighted by atomic mass is 10.1. The Morgan fingerprint density at radius 1 is 1.24 bits per heavy atom. The van der Waals surface area contributed by atoms with Crippen LogP contribution in [0.5, 0.6) is 5.75 Å². The van der Waals surface area contributed by atoms with Gasteiger partial charge in [-0.3, -0.25) is 4.90 Å². The summed E-state index contributed by atoms with van der Waals surface area (Å²) in [5.41, 5.74) is 2.25. The molecule has 0 aliphatic carbocycles. The molecule has 4 heteroatoms. The molecule has 0 saturated carbocycles. The zero-order chi connectivity index (χ0) is 12.3. The number of aromatic hydroxyl groups is 1. The van der Waals surface area contributed by atoms with Crippen LogP contribution in [0.1, 0.15) is 11.1 Å². The average molecular weight is 252 g/mol. The first-order chi connectivity index (χ1) is 8.19. The lowest BCUT2D eigenvalue weighted by Gasteiger charge is -2.33. The van der Waals surface area contributed by atoms with Crippen LogP contribution in [0.2, 0.25) is 0 Å². The zero-order valence-electron chi connectivity index (χ0n) is 10.5. The summed E-state index contributed by atoms with van der Waals surface area (Å²) in [7, 11) is 0. The highest BCUT2D eigenvalue weighted by Crippen LogP contribution is 2.19. The quantitative estimate of drug-likeness (QED) is 0.833. The summed E-state index contributed by atoms with van der Waals surface area (Å²) in [4.78, 5) is 2.47. The van der Waals surface area contributed by atoms with Gasteiger partial charge in [-0.1, -0.05) is 24.1 Å². The molecule has 1 aliphatic heterocycles. The standard InChI is InChI=1S/C13H20N2OS/c1-11-9-12(3-4-13(11)16)10-14-5-7-15(17-2)8-6-14/h3-4,9,16H,5-8,10H2,1-2H3. The Morgan fingerprint density at radius 3 is 2.53 bits per heavy atom. The number of phenolic OH excluding ortho intramolecular Hbond substituents is 1. The van der Waals surface area contributed by atoms with Gasteiger partial charge in [-0.05, 0) is 30.4 Å². The number of hydrogen-bond donors (Lipinski definition) is 1. The van der Waals surface area contributed by atoms with E-state index in [0.29, 0.717) is 5.75 Å². The molecule has 0 radical (unpaired) electrons. The molecule has 1 heterocycles.